The topological polar surface area (TPSA) is 58.6 Å². The molecule has 1 aliphatic rings. The van der Waals surface area contributed by atoms with Crippen LogP contribution in [0.5, 0.6) is 5.75 Å². The molecule has 2 aromatic carbocycles. The molecule has 0 spiro atoms. The van der Waals surface area contributed by atoms with Crippen molar-refractivity contribution in [2.45, 2.75) is 51.9 Å². The van der Waals surface area contributed by atoms with E-state index in [0.717, 1.165) is 43.7 Å². The normalized spacial score (nSPS) is 15.2. The molecular formula is C25H32N2O3. The summed E-state index contributed by atoms with van der Waals surface area (Å²) in [6, 6.07) is 15.0. The third-order valence-corrected chi connectivity index (χ3v) is 5.71. The van der Waals surface area contributed by atoms with E-state index in [4.69, 9.17) is 4.74 Å². The maximum absolute atomic E-state index is 12.8. The van der Waals surface area contributed by atoms with Crippen LogP contribution >= 0.6 is 0 Å². The molecule has 0 saturated carbocycles. The fourth-order valence-electron chi connectivity index (χ4n) is 3.77. The van der Waals surface area contributed by atoms with Crippen LogP contribution in [0.25, 0.3) is 0 Å². The van der Waals surface area contributed by atoms with Crippen molar-refractivity contribution >= 4 is 17.5 Å². The van der Waals surface area contributed by atoms with Gasteiger partial charge in [-0.15, -0.1) is 0 Å². The molecule has 1 saturated heterocycles. The van der Waals surface area contributed by atoms with E-state index in [1.807, 2.05) is 35.2 Å². The Morgan fingerprint density at radius 3 is 2.50 bits per heavy atom. The number of anilines is 1. The number of likely N-dealkylation sites (tertiary alicyclic amines) is 1. The zero-order valence-electron chi connectivity index (χ0n) is 18.0. The fraction of sp³-hybridized carbons (Fsp3) is 0.440. The predicted octanol–water partition coefficient (Wildman–Crippen LogP) is 5.23. The summed E-state index contributed by atoms with van der Waals surface area (Å²) in [5.74, 6) is 0.901. The second-order valence-electron chi connectivity index (χ2n) is 7.97. The third kappa shape index (κ3) is 5.85. The molecule has 0 aliphatic carbocycles. The van der Waals surface area contributed by atoms with Crippen molar-refractivity contribution < 1.29 is 14.3 Å². The minimum atomic E-state index is -0.242. The molecule has 0 bridgehead atoms. The van der Waals surface area contributed by atoms with E-state index < -0.39 is 0 Å². The Labute approximate surface area is 179 Å². The largest absolute Gasteiger partial charge is 0.483 e. The van der Waals surface area contributed by atoms with Crippen LogP contribution < -0.4 is 10.1 Å². The summed E-state index contributed by atoms with van der Waals surface area (Å²) in [6.45, 7) is 5.82. The first-order valence-corrected chi connectivity index (χ1v) is 11.0. The number of hydrogen-bond donors (Lipinski definition) is 1. The van der Waals surface area contributed by atoms with Crippen LogP contribution in [0.2, 0.25) is 0 Å². The zero-order valence-corrected chi connectivity index (χ0v) is 18.0. The minimum absolute atomic E-state index is 0.0340. The van der Waals surface area contributed by atoms with Crippen LogP contribution in [0.4, 0.5) is 5.69 Å². The number of ether oxygens (including phenoxy) is 1. The Morgan fingerprint density at radius 1 is 1.03 bits per heavy atom. The van der Waals surface area contributed by atoms with E-state index in [1.165, 1.54) is 12.8 Å². The molecule has 1 heterocycles. The minimum Gasteiger partial charge on any atom is -0.483 e. The number of rotatable bonds is 7. The first-order valence-electron chi connectivity index (χ1n) is 11.0. The molecule has 5 nitrogen and oxygen atoms in total. The second-order valence-corrected chi connectivity index (χ2v) is 7.97. The Hall–Kier alpha value is -2.82. The second kappa shape index (κ2) is 10.8. The van der Waals surface area contributed by atoms with Gasteiger partial charge < -0.3 is 15.0 Å². The third-order valence-electron chi connectivity index (χ3n) is 5.71. The van der Waals surface area contributed by atoms with Crippen LogP contribution in [0.15, 0.2) is 48.5 Å². The lowest BCUT2D eigenvalue weighted by Crippen LogP contribution is -2.31. The Morgan fingerprint density at radius 2 is 1.77 bits per heavy atom. The van der Waals surface area contributed by atoms with Crippen molar-refractivity contribution in [3.05, 3.63) is 59.7 Å². The van der Waals surface area contributed by atoms with Gasteiger partial charge in [-0.25, -0.2) is 0 Å². The summed E-state index contributed by atoms with van der Waals surface area (Å²) in [4.78, 5) is 27.2. The van der Waals surface area contributed by atoms with Crippen LogP contribution in [0.1, 0.15) is 67.8 Å². The Balaban J connectivity index is 1.60. The highest BCUT2D eigenvalue weighted by molar-refractivity contribution is 5.97. The summed E-state index contributed by atoms with van der Waals surface area (Å²) < 4.78 is 5.79. The standard InChI is InChI=1S/C25H32N2O3/c1-3-19(2)22-13-6-7-14-23(22)30-18-24(28)26-21-12-10-11-20(17-21)25(29)27-15-8-4-5-9-16-27/h6-7,10-14,17,19H,3-5,8-9,15-16,18H2,1-2H3,(H,26,28). The van der Waals surface area contributed by atoms with Gasteiger partial charge in [-0.3, -0.25) is 9.59 Å². The van der Waals surface area contributed by atoms with Gasteiger partial charge in [0.15, 0.2) is 6.61 Å². The lowest BCUT2D eigenvalue weighted by molar-refractivity contribution is -0.118. The molecule has 0 aromatic heterocycles. The number of carbonyl (C=O) groups excluding carboxylic acids is 2. The number of carbonyl (C=O) groups is 2. The number of benzene rings is 2. The molecule has 160 valence electrons. The van der Waals surface area contributed by atoms with Crippen LogP contribution in [-0.2, 0) is 4.79 Å². The van der Waals surface area contributed by atoms with Gasteiger partial charge in [0.25, 0.3) is 11.8 Å². The molecule has 30 heavy (non-hydrogen) atoms. The van der Waals surface area contributed by atoms with E-state index >= 15 is 0 Å². The van der Waals surface area contributed by atoms with Crippen LogP contribution in [0, 0.1) is 0 Å². The molecule has 1 atom stereocenters. The highest BCUT2D eigenvalue weighted by atomic mass is 16.5. The highest BCUT2D eigenvalue weighted by Gasteiger charge is 2.18. The molecule has 5 heteroatoms. The van der Waals surface area contributed by atoms with Gasteiger partial charge in [0.1, 0.15) is 5.75 Å². The molecule has 1 aliphatic heterocycles. The smallest absolute Gasteiger partial charge is 0.262 e. The number of hydrogen-bond acceptors (Lipinski definition) is 3. The summed E-state index contributed by atoms with van der Waals surface area (Å²) in [5.41, 5.74) is 2.33. The molecule has 2 amide bonds. The summed E-state index contributed by atoms with van der Waals surface area (Å²) in [5, 5.41) is 2.85. The van der Waals surface area contributed by atoms with Crippen molar-refractivity contribution in [1.29, 1.82) is 0 Å². The van der Waals surface area contributed by atoms with Crippen molar-refractivity contribution in [3.8, 4) is 5.75 Å². The van der Waals surface area contributed by atoms with E-state index in [9.17, 15) is 9.59 Å². The monoisotopic (exact) mass is 408 g/mol. The van der Waals surface area contributed by atoms with Crippen LogP contribution in [-0.4, -0.2) is 36.4 Å². The van der Waals surface area contributed by atoms with Gasteiger partial charge in [0.2, 0.25) is 0 Å². The number of nitrogens with one attached hydrogen (secondary N) is 1. The predicted molar refractivity (Wildman–Crippen MR) is 120 cm³/mol. The van der Waals surface area contributed by atoms with Gasteiger partial charge in [-0.1, -0.05) is 51.0 Å². The Bertz CT molecular complexity index is 857. The zero-order chi connectivity index (χ0) is 21.3. The van der Waals surface area contributed by atoms with Crippen molar-refractivity contribution in [3.63, 3.8) is 0 Å². The van der Waals surface area contributed by atoms with E-state index in [-0.39, 0.29) is 18.4 Å². The first-order chi connectivity index (χ1) is 14.6. The van der Waals surface area contributed by atoms with Gasteiger partial charge in [0.05, 0.1) is 0 Å². The van der Waals surface area contributed by atoms with E-state index in [1.54, 1.807) is 18.2 Å². The lowest BCUT2D eigenvalue weighted by atomic mass is 9.98. The van der Waals surface area contributed by atoms with Gasteiger partial charge in [-0.05, 0) is 55.0 Å². The Kier molecular flexibility index (Phi) is 7.89. The SMILES string of the molecule is CCC(C)c1ccccc1OCC(=O)Nc1cccc(C(=O)N2CCCCCC2)c1. The summed E-state index contributed by atoms with van der Waals surface area (Å²) >= 11 is 0. The molecule has 1 fully saturated rings. The van der Waals surface area contributed by atoms with Crippen molar-refractivity contribution in [2.24, 2.45) is 0 Å². The summed E-state index contributed by atoms with van der Waals surface area (Å²) in [7, 11) is 0. The van der Waals surface area contributed by atoms with Gasteiger partial charge in [-0.2, -0.15) is 0 Å². The maximum atomic E-state index is 12.8. The van der Waals surface area contributed by atoms with Crippen molar-refractivity contribution in [1.82, 2.24) is 4.90 Å². The van der Waals surface area contributed by atoms with Gasteiger partial charge in [0, 0.05) is 24.3 Å². The molecule has 1 unspecified atom stereocenters. The highest BCUT2D eigenvalue weighted by Crippen LogP contribution is 2.28. The average Bonchev–Trinajstić information content (AvgIpc) is 3.06. The quantitative estimate of drug-likeness (QED) is 0.682. The lowest BCUT2D eigenvalue weighted by Gasteiger charge is -2.20. The first kappa shape index (κ1) is 21.9. The number of para-hydroxylation sites is 1. The molecular weight excluding hydrogens is 376 g/mol. The molecule has 0 radical (unpaired) electrons. The number of nitrogens with zero attached hydrogens (tertiary/aromatic N) is 1. The van der Waals surface area contributed by atoms with Gasteiger partial charge >= 0.3 is 0 Å². The van der Waals surface area contributed by atoms with E-state index in [2.05, 4.69) is 19.2 Å². The van der Waals surface area contributed by atoms with Crippen LogP contribution in [0.3, 0.4) is 0 Å². The molecule has 2 aromatic rings. The number of amides is 2. The van der Waals surface area contributed by atoms with Crippen molar-refractivity contribution in [2.75, 3.05) is 25.0 Å². The average molecular weight is 409 g/mol. The fourth-order valence-corrected chi connectivity index (χ4v) is 3.77. The summed E-state index contributed by atoms with van der Waals surface area (Å²) in [6.07, 6.45) is 5.47. The molecule has 3 rings (SSSR count). The maximum Gasteiger partial charge on any atom is 0.262 e. The van der Waals surface area contributed by atoms with E-state index in [0.29, 0.717) is 17.2 Å². The molecule has 1 N–H and O–H groups in total.